The first-order valence-corrected chi connectivity index (χ1v) is 11.7. The highest BCUT2D eigenvalue weighted by Gasteiger charge is 2.34. The fourth-order valence-electron chi connectivity index (χ4n) is 3.46. The molecule has 8 heteroatoms. The molecule has 0 saturated carbocycles. The molecule has 1 atom stereocenters. The molecular formula is C22H23BrN4O2S. The number of rotatable bonds is 6. The Morgan fingerprint density at radius 2 is 2.10 bits per heavy atom. The van der Waals surface area contributed by atoms with Gasteiger partial charge >= 0.3 is 0 Å². The predicted molar refractivity (Wildman–Crippen MR) is 123 cm³/mol. The largest absolute Gasteiger partial charge is 0.497 e. The van der Waals surface area contributed by atoms with Crippen molar-refractivity contribution in [2.75, 3.05) is 12.9 Å². The molecule has 1 N–H and O–H groups in total. The van der Waals surface area contributed by atoms with Crippen LogP contribution in [0.1, 0.15) is 37.9 Å². The van der Waals surface area contributed by atoms with E-state index in [9.17, 15) is 4.79 Å². The number of carbonyl (C=O) groups is 1. The van der Waals surface area contributed by atoms with Gasteiger partial charge in [-0.2, -0.15) is 0 Å². The summed E-state index contributed by atoms with van der Waals surface area (Å²) in [6, 6.07) is 13.5. The summed E-state index contributed by atoms with van der Waals surface area (Å²) >= 11 is 5.08. The van der Waals surface area contributed by atoms with Crippen LogP contribution in [0.4, 0.5) is 0 Å². The van der Waals surface area contributed by atoms with Crippen molar-refractivity contribution in [3.8, 4) is 5.75 Å². The van der Waals surface area contributed by atoms with Gasteiger partial charge in [0.25, 0.3) is 5.91 Å². The molecule has 0 saturated heterocycles. The van der Waals surface area contributed by atoms with Gasteiger partial charge in [-0.15, -0.1) is 5.10 Å². The lowest BCUT2D eigenvalue weighted by Crippen LogP contribution is -2.50. The number of benzene rings is 2. The van der Waals surface area contributed by atoms with Crippen molar-refractivity contribution in [3.05, 3.63) is 63.1 Å². The number of methoxy groups -OCH3 is 1. The summed E-state index contributed by atoms with van der Waals surface area (Å²) in [4.78, 5) is 18.1. The normalized spacial score (nSPS) is 17.5. The molecule has 0 bridgehead atoms. The van der Waals surface area contributed by atoms with Crippen LogP contribution in [0.15, 0.2) is 57.0 Å². The molecule has 0 unspecified atom stereocenters. The minimum atomic E-state index is -0.443. The van der Waals surface area contributed by atoms with Crippen molar-refractivity contribution in [1.82, 2.24) is 10.3 Å². The van der Waals surface area contributed by atoms with Crippen molar-refractivity contribution in [3.63, 3.8) is 0 Å². The zero-order valence-electron chi connectivity index (χ0n) is 16.9. The van der Waals surface area contributed by atoms with E-state index >= 15 is 0 Å². The van der Waals surface area contributed by atoms with Crippen LogP contribution >= 0.6 is 27.7 Å². The van der Waals surface area contributed by atoms with E-state index in [1.165, 1.54) is 6.42 Å². The van der Waals surface area contributed by atoms with Gasteiger partial charge in [0.15, 0.2) is 11.3 Å². The van der Waals surface area contributed by atoms with Crippen LogP contribution < -0.4 is 20.6 Å². The van der Waals surface area contributed by atoms with Gasteiger partial charge in [0.05, 0.1) is 12.5 Å². The molecule has 1 amide bonds. The van der Waals surface area contributed by atoms with Crippen LogP contribution in [0.25, 0.3) is 5.70 Å². The Kier molecular flexibility index (Phi) is 6.43. The number of nitrogens with zero attached hydrogens (tertiary/aromatic N) is 3. The number of halogens is 1. The number of unbranched alkanes of at least 4 members (excludes halogenated alkanes) is 2. The molecule has 0 aliphatic carbocycles. The van der Waals surface area contributed by atoms with Gasteiger partial charge in [-0.05, 0) is 36.8 Å². The lowest BCUT2D eigenvalue weighted by Gasteiger charge is -2.34. The summed E-state index contributed by atoms with van der Waals surface area (Å²) in [5.41, 5.74) is 1.42. The molecular weight excluding hydrogens is 464 g/mol. The molecule has 6 nitrogen and oxygen atoms in total. The molecule has 2 aromatic rings. The number of amidine groups is 1. The molecule has 2 aliphatic heterocycles. The number of hydrogen-bond acceptors (Lipinski definition) is 6. The third kappa shape index (κ3) is 4.25. The number of fused-ring (bicyclic) bond motifs is 2. The summed E-state index contributed by atoms with van der Waals surface area (Å²) in [6.07, 6.45) is 2.97. The number of hydrazone groups is 1. The Balaban J connectivity index is 1.80. The van der Waals surface area contributed by atoms with Crippen molar-refractivity contribution >= 4 is 44.5 Å². The topological polar surface area (TPSA) is 66.3 Å². The summed E-state index contributed by atoms with van der Waals surface area (Å²) in [6.45, 7) is 2.18. The highest BCUT2D eigenvalue weighted by Crippen LogP contribution is 2.32. The molecule has 0 spiro atoms. The van der Waals surface area contributed by atoms with Crippen LogP contribution in [-0.4, -0.2) is 28.9 Å². The number of nitrogens with one attached hydrogen (secondary N) is 1. The molecule has 2 heterocycles. The van der Waals surface area contributed by atoms with E-state index in [1.54, 1.807) is 23.9 Å². The van der Waals surface area contributed by atoms with Crippen LogP contribution in [0.2, 0.25) is 0 Å². The Labute approximate surface area is 188 Å². The van der Waals surface area contributed by atoms with E-state index in [0.717, 1.165) is 45.0 Å². The minimum absolute atomic E-state index is 0.162. The van der Waals surface area contributed by atoms with E-state index in [4.69, 9.17) is 14.8 Å². The monoisotopic (exact) mass is 486 g/mol. The Bertz CT molecular complexity index is 1120. The average Bonchev–Trinajstić information content (AvgIpc) is 2.76. The minimum Gasteiger partial charge on any atom is -0.497 e. The second-order valence-electron chi connectivity index (χ2n) is 7.05. The smallest absolute Gasteiger partial charge is 0.276 e. The molecule has 0 aromatic heterocycles. The van der Waals surface area contributed by atoms with Crippen molar-refractivity contribution in [1.29, 1.82) is 0 Å². The molecule has 2 aromatic carbocycles. The standard InChI is InChI=1S/C22H23BrN4O2S/c1-3-4-5-11-30-22-25-21(28)19-17-13-15(23)9-10-18(17)24-20(27(19)26-22)14-7-6-8-16(12-14)29-2/h6-10,12-13,20H,3-5,11H2,1-2H3,(H,25,26,28)/t20-/m1/s1. The van der Waals surface area contributed by atoms with Crippen molar-refractivity contribution in [2.24, 2.45) is 10.1 Å². The molecule has 30 heavy (non-hydrogen) atoms. The summed E-state index contributed by atoms with van der Waals surface area (Å²) in [5, 5.41) is 11.6. The molecule has 156 valence electrons. The maximum Gasteiger partial charge on any atom is 0.276 e. The fraction of sp³-hybridized carbons (Fsp3) is 0.318. The second-order valence-corrected chi connectivity index (χ2v) is 9.05. The third-order valence-electron chi connectivity index (χ3n) is 4.95. The summed E-state index contributed by atoms with van der Waals surface area (Å²) in [7, 11) is 1.64. The van der Waals surface area contributed by atoms with Gasteiger partial charge in [0.2, 0.25) is 0 Å². The van der Waals surface area contributed by atoms with Gasteiger partial charge in [-0.1, -0.05) is 59.6 Å². The van der Waals surface area contributed by atoms with Crippen LogP contribution in [-0.2, 0) is 4.79 Å². The van der Waals surface area contributed by atoms with E-state index in [1.807, 2.05) is 42.5 Å². The lowest BCUT2D eigenvalue weighted by atomic mass is 10.1. The number of carbonyl (C=O) groups excluding carboxylic acids is 1. The fourth-order valence-corrected chi connectivity index (χ4v) is 4.67. The summed E-state index contributed by atoms with van der Waals surface area (Å²) in [5.74, 6) is 1.50. The maximum absolute atomic E-state index is 13.1. The van der Waals surface area contributed by atoms with E-state index in [0.29, 0.717) is 10.9 Å². The van der Waals surface area contributed by atoms with Crippen LogP contribution in [0, 0.1) is 0 Å². The molecule has 4 rings (SSSR count). The molecule has 0 radical (unpaired) electrons. The van der Waals surface area contributed by atoms with E-state index in [-0.39, 0.29) is 5.91 Å². The number of thioether (sulfide) groups is 1. The number of amides is 1. The number of hydrogen-bond donors (Lipinski definition) is 1. The van der Waals surface area contributed by atoms with E-state index < -0.39 is 6.17 Å². The van der Waals surface area contributed by atoms with Gasteiger partial charge in [0, 0.05) is 21.0 Å². The first-order valence-electron chi connectivity index (χ1n) is 9.94. The van der Waals surface area contributed by atoms with Crippen LogP contribution in [0.3, 0.4) is 0 Å². The summed E-state index contributed by atoms with van der Waals surface area (Å²) < 4.78 is 6.28. The number of ether oxygens (including phenoxy) is 1. The lowest BCUT2D eigenvalue weighted by molar-refractivity contribution is -0.116. The van der Waals surface area contributed by atoms with Gasteiger partial charge < -0.3 is 4.74 Å². The van der Waals surface area contributed by atoms with Gasteiger partial charge in [-0.3, -0.25) is 15.1 Å². The Morgan fingerprint density at radius 3 is 2.90 bits per heavy atom. The molecule has 2 aliphatic rings. The first-order chi connectivity index (χ1) is 14.6. The zero-order chi connectivity index (χ0) is 21.1. The van der Waals surface area contributed by atoms with Crippen molar-refractivity contribution in [2.45, 2.75) is 32.4 Å². The highest BCUT2D eigenvalue weighted by atomic mass is 79.9. The van der Waals surface area contributed by atoms with Crippen LogP contribution in [0.5, 0.6) is 5.75 Å². The van der Waals surface area contributed by atoms with Gasteiger partial charge in [-0.25, -0.2) is 5.01 Å². The SMILES string of the molecule is CCCCCSC1=NN2C(=c3cc(Br)ccc3=N[C@H]2c2cccc(OC)c2)C(=O)N1. The third-order valence-corrected chi connectivity index (χ3v) is 6.39. The maximum atomic E-state index is 13.1. The quantitative estimate of drug-likeness (QED) is 0.634. The second kappa shape index (κ2) is 9.22. The Morgan fingerprint density at radius 1 is 1.23 bits per heavy atom. The highest BCUT2D eigenvalue weighted by molar-refractivity contribution is 9.10. The average molecular weight is 487 g/mol. The van der Waals surface area contributed by atoms with Crippen molar-refractivity contribution < 1.29 is 9.53 Å². The van der Waals surface area contributed by atoms with Gasteiger partial charge in [0.1, 0.15) is 11.4 Å². The Hall–Kier alpha value is -2.32. The predicted octanol–water partition coefficient (Wildman–Crippen LogP) is 3.52. The molecule has 0 fully saturated rings. The first kappa shape index (κ1) is 20.9. The van der Waals surface area contributed by atoms with E-state index in [2.05, 4.69) is 28.2 Å². The zero-order valence-corrected chi connectivity index (χ0v) is 19.3.